The first-order valence-electron chi connectivity index (χ1n) is 5.16. The highest BCUT2D eigenvalue weighted by Gasteiger charge is 2.24. The molecule has 0 aliphatic carbocycles. The van der Waals surface area contributed by atoms with E-state index in [0.29, 0.717) is 23.3 Å². The molecule has 0 aliphatic heterocycles. The highest BCUT2D eigenvalue weighted by Crippen LogP contribution is 2.49. The van der Waals surface area contributed by atoms with Gasteiger partial charge in [0.15, 0.2) is 0 Å². The lowest BCUT2D eigenvalue weighted by Crippen LogP contribution is -2.06. The number of hydrogen-bond acceptors (Lipinski definition) is 3. The summed E-state index contributed by atoms with van der Waals surface area (Å²) in [6, 6.07) is 0. The molecular weight excluding hydrogens is 394 g/mol. The second-order valence-corrected chi connectivity index (χ2v) is 7.77. The van der Waals surface area contributed by atoms with Gasteiger partial charge >= 0.3 is 7.60 Å². The highest BCUT2D eigenvalue weighted by molar-refractivity contribution is 14.1. The Bertz CT molecular complexity index is 194. The molecule has 0 aliphatic rings. The molecule has 0 fully saturated rings. The van der Waals surface area contributed by atoms with E-state index in [9.17, 15) is 4.57 Å². The highest BCUT2D eigenvalue weighted by atomic mass is 127. The van der Waals surface area contributed by atoms with Crippen LogP contribution < -0.4 is 0 Å². The van der Waals surface area contributed by atoms with Crippen molar-refractivity contribution in [2.75, 3.05) is 24.7 Å². The molecule has 0 saturated heterocycles. The molecule has 0 radical (unpaired) electrons. The van der Waals surface area contributed by atoms with Crippen molar-refractivity contribution in [1.82, 2.24) is 0 Å². The summed E-state index contributed by atoms with van der Waals surface area (Å²) in [5.74, 6) is 0. The van der Waals surface area contributed by atoms with Gasteiger partial charge in [-0.1, -0.05) is 38.5 Å². The summed E-state index contributed by atoms with van der Waals surface area (Å²) in [7, 11) is -2.82. The molecule has 0 N–H and O–H groups in total. The predicted molar refractivity (Wildman–Crippen MR) is 76.6 cm³/mol. The van der Waals surface area contributed by atoms with Gasteiger partial charge < -0.3 is 9.05 Å². The monoisotopic (exact) mass is 412 g/mol. The van der Waals surface area contributed by atoms with Gasteiger partial charge in [-0.15, -0.1) is 0 Å². The van der Waals surface area contributed by atoms with Gasteiger partial charge in [-0.3, -0.25) is 4.57 Å². The molecule has 0 bridgehead atoms. The molecule has 15 heavy (non-hydrogen) atoms. The Morgan fingerprint density at radius 3 is 2.20 bits per heavy atom. The third kappa shape index (κ3) is 8.13. The van der Waals surface area contributed by atoms with Crippen molar-refractivity contribution in [3.05, 3.63) is 0 Å². The summed E-state index contributed by atoms with van der Waals surface area (Å²) in [6.07, 6.45) is 2.48. The zero-order chi connectivity index (χ0) is 11.7. The van der Waals surface area contributed by atoms with Crippen molar-refractivity contribution in [2.45, 2.75) is 30.6 Å². The molecule has 0 heterocycles. The summed E-state index contributed by atoms with van der Waals surface area (Å²) >= 11 is 5.77. The predicted octanol–water partition coefficient (Wildman–Crippen LogP) is 4.23. The van der Waals surface area contributed by atoms with Crippen molar-refractivity contribution in [3.8, 4) is 0 Å². The van der Waals surface area contributed by atoms with Crippen LogP contribution in [0.5, 0.6) is 0 Å². The van der Waals surface area contributed by atoms with Gasteiger partial charge in [0.2, 0.25) is 0 Å². The van der Waals surface area contributed by atoms with Gasteiger partial charge in [0.25, 0.3) is 0 Å². The molecule has 3 nitrogen and oxygen atoms in total. The fourth-order valence-corrected chi connectivity index (χ4v) is 5.39. The molecular formula is C9H19BrIO3P. The van der Waals surface area contributed by atoms with Gasteiger partial charge in [-0.05, 0) is 26.7 Å². The van der Waals surface area contributed by atoms with Crippen LogP contribution in [0, 0.1) is 0 Å². The maximum absolute atomic E-state index is 12.1. The van der Waals surface area contributed by atoms with Gasteiger partial charge in [0.1, 0.15) is 0 Å². The largest absolute Gasteiger partial charge is 0.330 e. The summed E-state index contributed by atoms with van der Waals surface area (Å²) in [5.41, 5.74) is 0. The van der Waals surface area contributed by atoms with E-state index in [-0.39, 0.29) is 0 Å². The van der Waals surface area contributed by atoms with Crippen LogP contribution in [0.15, 0.2) is 0 Å². The molecule has 0 spiro atoms. The first kappa shape index (κ1) is 16.4. The smallest absolute Gasteiger partial charge is 0.309 e. The van der Waals surface area contributed by atoms with Crippen LogP contribution in [0.25, 0.3) is 0 Å². The lowest BCUT2D eigenvalue weighted by molar-refractivity contribution is 0.220. The molecule has 0 rings (SSSR count). The fourth-order valence-electron chi connectivity index (χ4n) is 1.12. The van der Waals surface area contributed by atoms with Crippen molar-refractivity contribution >= 4 is 46.1 Å². The SMILES string of the molecule is CCOP(=O)(CCC(I)CCBr)OCC. The molecule has 1 atom stereocenters. The summed E-state index contributed by atoms with van der Waals surface area (Å²) in [4.78, 5) is 0. The van der Waals surface area contributed by atoms with E-state index in [1.807, 2.05) is 13.8 Å². The molecule has 6 heteroatoms. The minimum Gasteiger partial charge on any atom is -0.309 e. The summed E-state index contributed by atoms with van der Waals surface area (Å²) in [5, 5.41) is 0.980. The van der Waals surface area contributed by atoms with E-state index >= 15 is 0 Å². The Morgan fingerprint density at radius 1 is 1.27 bits per heavy atom. The third-order valence-corrected chi connectivity index (χ3v) is 5.60. The number of halogens is 2. The molecule has 0 aromatic carbocycles. The second kappa shape index (κ2) is 9.40. The van der Waals surface area contributed by atoms with Crippen molar-refractivity contribution in [2.24, 2.45) is 0 Å². The topological polar surface area (TPSA) is 35.5 Å². The van der Waals surface area contributed by atoms with Gasteiger partial charge in [-0.25, -0.2) is 0 Å². The van der Waals surface area contributed by atoms with Crippen LogP contribution in [0.1, 0.15) is 26.7 Å². The van der Waals surface area contributed by atoms with Crippen molar-refractivity contribution < 1.29 is 13.6 Å². The van der Waals surface area contributed by atoms with Crippen LogP contribution in [0.2, 0.25) is 0 Å². The maximum atomic E-state index is 12.1. The molecule has 0 amide bonds. The van der Waals surface area contributed by atoms with Crippen molar-refractivity contribution in [1.29, 1.82) is 0 Å². The zero-order valence-corrected chi connectivity index (χ0v) is 13.9. The molecule has 0 aromatic rings. The van der Waals surface area contributed by atoms with E-state index in [1.165, 1.54) is 0 Å². The van der Waals surface area contributed by atoms with E-state index < -0.39 is 7.60 Å². The molecule has 0 aromatic heterocycles. The van der Waals surface area contributed by atoms with Crippen LogP contribution in [0.4, 0.5) is 0 Å². The maximum Gasteiger partial charge on any atom is 0.330 e. The second-order valence-electron chi connectivity index (χ2n) is 3.03. The van der Waals surface area contributed by atoms with Crippen LogP contribution in [-0.2, 0) is 13.6 Å². The van der Waals surface area contributed by atoms with Crippen molar-refractivity contribution in [3.63, 3.8) is 0 Å². The van der Waals surface area contributed by atoms with E-state index in [2.05, 4.69) is 38.5 Å². The Morgan fingerprint density at radius 2 is 1.80 bits per heavy atom. The normalized spacial score (nSPS) is 14.1. The average molecular weight is 413 g/mol. The van der Waals surface area contributed by atoms with E-state index in [1.54, 1.807) is 0 Å². The lowest BCUT2D eigenvalue weighted by Gasteiger charge is -2.18. The minimum absolute atomic E-state index is 0.446. The first-order chi connectivity index (χ1) is 7.08. The standard InChI is InChI=1S/C9H19BrIO3P/c1-3-13-15(12,14-4-2)8-6-9(11)5-7-10/h9H,3-8H2,1-2H3. The third-order valence-electron chi connectivity index (χ3n) is 1.79. The average Bonchev–Trinajstić information content (AvgIpc) is 2.16. The first-order valence-corrected chi connectivity index (χ1v) is 9.25. The Hall–Kier alpha value is 1.36. The van der Waals surface area contributed by atoms with Crippen LogP contribution in [-0.4, -0.2) is 28.6 Å². The summed E-state index contributed by atoms with van der Waals surface area (Å²) < 4.78 is 23.0. The molecule has 1 unspecified atom stereocenters. The van der Waals surface area contributed by atoms with Crippen LogP contribution in [0.3, 0.4) is 0 Å². The minimum atomic E-state index is -2.82. The molecule has 0 saturated carbocycles. The quantitative estimate of drug-likeness (QED) is 0.323. The van der Waals surface area contributed by atoms with Gasteiger partial charge in [-0.2, -0.15) is 0 Å². The molecule has 92 valence electrons. The Labute approximate surface area is 114 Å². The van der Waals surface area contributed by atoms with Crippen LogP contribution >= 0.6 is 46.1 Å². The van der Waals surface area contributed by atoms with E-state index in [4.69, 9.17) is 9.05 Å². The van der Waals surface area contributed by atoms with E-state index in [0.717, 1.165) is 18.2 Å². The zero-order valence-electron chi connectivity index (χ0n) is 9.25. The lowest BCUT2D eigenvalue weighted by atomic mass is 10.3. The number of hydrogen-bond donors (Lipinski definition) is 0. The van der Waals surface area contributed by atoms with Gasteiger partial charge in [0.05, 0.1) is 19.4 Å². The Kier molecular flexibility index (Phi) is 10.2. The number of rotatable bonds is 9. The Balaban J connectivity index is 4.00. The fraction of sp³-hybridized carbons (Fsp3) is 1.00. The number of alkyl halides is 2. The summed E-state index contributed by atoms with van der Waals surface area (Å²) in [6.45, 7) is 4.57. The van der Waals surface area contributed by atoms with Gasteiger partial charge in [0, 0.05) is 9.25 Å².